The van der Waals surface area contributed by atoms with E-state index < -0.39 is 10.4 Å². The summed E-state index contributed by atoms with van der Waals surface area (Å²) in [5.41, 5.74) is 0. The number of hydrogen-bond donors (Lipinski definition) is 2. The van der Waals surface area contributed by atoms with E-state index in [1.54, 1.807) is 0 Å². The van der Waals surface area contributed by atoms with Gasteiger partial charge in [-0.05, 0) is 0 Å². The second kappa shape index (κ2) is 5.16. The molecule has 0 unspecified atom stereocenters. The monoisotopic (exact) mass is 217 g/mol. The Morgan fingerprint density at radius 3 is 1.14 bits per heavy atom. The average molecular weight is 218 g/mol. The van der Waals surface area contributed by atoms with E-state index in [1.165, 1.54) is 0 Å². The van der Waals surface area contributed by atoms with Gasteiger partial charge in [-0.3, -0.25) is 9.11 Å². The van der Waals surface area contributed by atoms with Crippen molar-refractivity contribution < 1.29 is 54.1 Å². The molecule has 2 N–H and O–H groups in total. The Bertz CT molecular complexity index is 94.9. The van der Waals surface area contributed by atoms with Crippen LogP contribution in [0, 0.1) is 0 Å². The Balaban J connectivity index is -0.0000000800. The fraction of sp³-hybridized carbons (Fsp3) is 0. The predicted octanol–water partition coefficient (Wildman–Crippen LogP) is -0.658. The van der Waals surface area contributed by atoms with Crippen molar-refractivity contribution in [2.75, 3.05) is 0 Å². The predicted molar refractivity (Wildman–Crippen MR) is 14.2 cm³/mol. The molecule has 1 radical (unpaired) electrons. The molecule has 0 fully saturated rings. The molecule has 41 valence electrons. The summed E-state index contributed by atoms with van der Waals surface area (Å²) >= 11 is 0. The van der Waals surface area contributed by atoms with Gasteiger partial charge < -0.3 is 0 Å². The third-order valence-corrected chi connectivity index (χ3v) is 0. The van der Waals surface area contributed by atoms with E-state index in [9.17, 15) is 0 Å². The van der Waals surface area contributed by atoms with Gasteiger partial charge in [0, 0.05) is 36.5 Å². The van der Waals surface area contributed by atoms with Crippen molar-refractivity contribution in [3.63, 3.8) is 0 Å². The molecule has 4 nitrogen and oxygen atoms in total. The second-order valence-electron chi connectivity index (χ2n) is 0.448. The van der Waals surface area contributed by atoms with Gasteiger partial charge in [0.2, 0.25) is 0 Å². The molecule has 0 aromatic heterocycles. The van der Waals surface area contributed by atoms with E-state index in [0.717, 1.165) is 0 Å². The van der Waals surface area contributed by atoms with Crippen LogP contribution in [0.25, 0.3) is 0 Å². The molecule has 0 bridgehead atoms. The minimum Gasteiger partial charge on any atom is -0.264 e. The van der Waals surface area contributed by atoms with Crippen LogP contribution in [0.15, 0.2) is 0 Å². The normalized spacial score (nSPS) is 8.29. The van der Waals surface area contributed by atoms with Crippen molar-refractivity contribution in [2.45, 2.75) is 0 Å². The molecular formula is H2MnO4SZn. The Kier molecular flexibility index (Phi) is 11.5. The SMILES string of the molecule is O=S(=O)(O)O.[Mn].[Zn]. The molecule has 0 aliphatic rings. The molecule has 0 atom stereocenters. The van der Waals surface area contributed by atoms with E-state index in [4.69, 9.17) is 17.5 Å². The van der Waals surface area contributed by atoms with Crippen LogP contribution in [-0.2, 0) is 46.9 Å². The summed E-state index contributed by atoms with van der Waals surface area (Å²) in [5, 5.41) is 0. The van der Waals surface area contributed by atoms with Gasteiger partial charge in [-0.15, -0.1) is 0 Å². The van der Waals surface area contributed by atoms with Gasteiger partial charge in [0.25, 0.3) is 0 Å². The van der Waals surface area contributed by atoms with Crippen molar-refractivity contribution in [1.29, 1.82) is 0 Å². The van der Waals surface area contributed by atoms with Crippen molar-refractivity contribution in [3.05, 3.63) is 0 Å². The van der Waals surface area contributed by atoms with Crippen LogP contribution < -0.4 is 0 Å². The minimum absolute atomic E-state index is 0. The van der Waals surface area contributed by atoms with Crippen LogP contribution >= 0.6 is 0 Å². The Morgan fingerprint density at radius 2 is 1.14 bits per heavy atom. The molecule has 7 heteroatoms. The van der Waals surface area contributed by atoms with Gasteiger partial charge in [-0.1, -0.05) is 0 Å². The first-order valence-corrected chi connectivity index (χ1v) is 2.10. The van der Waals surface area contributed by atoms with Crippen LogP contribution in [0.3, 0.4) is 0 Å². The van der Waals surface area contributed by atoms with Gasteiger partial charge in [-0.2, -0.15) is 8.42 Å². The zero-order chi connectivity index (χ0) is 4.50. The molecule has 7 heavy (non-hydrogen) atoms. The first-order chi connectivity index (χ1) is 2.00. The van der Waals surface area contributed by atoms with E-state index >= 15 is 0 Å². The van der Waals surface area contributed by atoms with Crippen molar-refractivity contribution in [2.24, 2.45) is 0 Å². The quantitative estimate of drug-likeness (QED) is 0.418. The molecule has 0 aliphatic carbocycles. The molecule has 0 aliphatic heterocycles. The third-order valence-electron chi connectivity index (χ3n) is 0. The van der Waals surface area contributed by atoms with Gasteiger partial charge >= 0.3 is 10.4 Å². The van der Waals surface area contributed by atoms with E-state index in [0.29, 0.717) is 0 Å². The average Bonchev–Trinajstić information content (AvgIpc) is 0.722. The topological polar surface area (TPSA) is 74.6 Å². The summed E-state index contributed by atoms with van der Waals surface area (Å²) in [5.74, 6) is 0. The zero-order valence-electron chi connectivity index (χ0n) is 3.20. The van der Waals surface area contributed by atoms with Crippen LogP contribution in [0.4, 0.5) is 0 Å². The fourth-order valence-electron chi connectivity index (χ4n) is 0. The van der Waals surface area contributed by atoms with Crippen molar-refractivity contribution in [3.8, 4) is 0 Å². The maximum absolute atomic E-state index is 8.74. The molecule has 0 aromatic carbocycles. The standard InChI is InChI=1S/Mn.H2O4S.Zn/c;1-5(2,3)4;/h;(H2,1,2,3,4);. The van der Waals surface area contributed by atoms with E-state index in [2.05, 4.69) is 0 Å². The first kappa shape index (κ1) is 15.7. The van der Waals surface area contributed by atoms with Crippen molar-refractivity contribution >= 4 is 10.4 Å². The Labute approximate surface area is 64.5 Å². The van der Waals surface area contributed by atoms with Crippen molar-refractivity contribution in [1.82, 2.24) is 0 Å². The first-order valence-electron chi connectivity index (χ1n) is 0.698. The largest absolute Gasteiger partial charge is 0.394 e. The van der Waals surface area contributed by atoms with Gasteiger partial charge in [0.1, 0.15) is 0 Å². The van der Waals surface area contributed by atoms with Crippen LogP contribution in [0.2, 0.25) is 0 Å². The third kappa shape index (κ3) is 172. The van der Waals surface area contributed by atoms with E-state index in [-0.39, 0.29) is 36.5 Å². The second-order valence-corrected chi connectivity index (χ2v) is 1.34. The number of rotatable bonds is 0. The van der Waals surface area contributed by atoms with E-state index in [1.807, 2.05) is 0 Å². The molecular weight excluding hydrogens is 216 g/mol. The zero-order valence-corrected chi connectivity index (χ0v) is 8.17. The molecule has 0 heterocycles. The van der Waals surface area contributed by atoms with Gasteiger partial charge in [-0.25, -0.2) is 0 Å². The molecule has 0 amide bonds. The smallest absolute Gasteiger partial charge is 0.264 e. The summed E-state index contributed by atoms with van der Waals surface area (Å²) in [6.07, 6.45) is 0. The van der Waals surface area contributed by atoms with Crippen LogP contribution in [-0.4, -0.2) is 17.5 Å². The summed E-state index contributed by atoms with van der Waals surface area (Å²) < 4.78 is 31.6. The maximum atomic E-state index is 8.74. The molecule has 0 aromatic rings. The van der Waals surface area contributed by atoms with Crippen LogP contribution in [0.5, 0.6) is 0 Å². The molecule has 0 saturated heterocycles. The minimum atomic E-state index is -4.67. The molecule has 0 saturated carbocycles. The summed E-state index contributed by atoms with van der Waals surface area (Å²) in [4.78, 5) is 0. The fourth-order valence-corrected chi connectivity index (χ4v) is 0. The maximum Gasteiger partial charge on any atom is 0.394 e. The summed E-state index contributed by atoms with van der Waals surface area (Å²) in [6, 6.07) is 0. The number of hydrogen-bond acceptors (Lipinski definition) is 2. The summed E-state index contributed by atoms with van der Waals surface area (Å²) in [6.45, 7) is 0. The Hall–Kier alpha value is 1.01. The summed E-state index contributed by atoms with van der Waals surface area (Å²) in [7, 11) is -4.67. The molecule has 0 spiro atoms. The van der Waals surface area contributed by atoms with Crippen LogP contribution in [0.1, 0.15) is 0 Å². The van der Waals surface area contributed by atoms with Gasteiger partial charge in [0.15, 0.2) is 0 Å². The van der Waals surface area contributed by atoms with Gasteiger partial charge in [0.05, 0.1) is 0 Å². The Morgan fingerprint density at radius 1 is 1.14 bits per heavy atom. The molecule has 0 rings (SSSR count).